The van der Waals surface area contributed by atoms with Crippen LogP contribution < -0.4 is 0 Å². The normalized spacial score (nSPS) is 45.1. The van der Waals surface area contributed by atoms with Crippen LogP contribution in [0.1, 0.15) is 44.9 Å². The van der Waals surface area contributed by atoms with E-state index in [1.807, 2.05) is 0 Å². The monoisotopic (exact) mass is 310 g/mol. The van der Waals surface area contributed by atoms with Crippen LogP contribution in [0, 0.1) is 17.3 Å². The number of hydrogen-bond acceptors (Lipinski definition) is 4. The average Bonchev–Trinajstić information content (AvgIpc) is 3.13. The maximum atomic E-state index is 12.2. The summed E-state index contributed by atoms with van der Waals surface area (Å²) in [4.78, 5) is 23.7. The van der Waals surface area contributed by atoms with Gasteiger partial charge in [-0.1, -0.05) is 0 Å². The van der Waals surface area contributed by atoms with Crippen LogP contribution >= 0.6 is 0 Å². The number of hydrogen-bond donors (Lipinski definition) is 2. The first-order valence-electron chi connectivity index (χ1n) is 8.18. The molecular formula is C16H22O6. The van der Waals surface area contributed by atoms with Gasteiger partial charge in [0.15, 0.2) is 0 Å². The summed E-state index contributed by atoms with van der Waals surface area (Å²) in [5.41, 5.74) is -1.99. The van der Waals surface area contributed by atoms with E-state index < -0.39 is 17.4 Å². The highest BCUT2D eigenvalue weighted by Crippen LogP contribution is 2.72. The first-order chi connectivity index (χ1) is 10.5. The van der Waals surface area contributed by atoms with Gasteiger partial charge in [-0.3, -0.25) is 9.59 Å². The van der Waals surface area contributed by atoms with Crippen LogP contribution in [0.2, 0.25) is 0 Å². The Bertz CT molecular complexity index is 485. The highest BCUT2D eigenvalue weighted by molar-refractivity contribution is 5.84. The SMILES string of the molecule is O=C(O)CC(C(=O)O)(C1CC12CCCO2)C1CC12CCCO2. The smallest absolute Gasteiger partial charge is 0.311 e. The highest BCUT2D eigenvalue weighted by Gasteiger charge is 2.78. The Morgan fingerprint density at radius 2 is 1.50 bits per heavy atom. The van der Waals surface area contributed by atoms with E-state index >= 15 is 0 Å². The highest BCUT2D eigenvalue weighted by atomic mass is 16.5. The fourth-order valence-electron chi connectivity index (χ4n) is 5.30. The molecule has 22 heavy (non-hydrogen) atoms. The van der Waals surface area contributed by atoms with Crippen molar-refractivity contribution in [3.63, 3.8) is 0 Å². The maximum absolute atomic E-state index is 12.2. The van der Waals surface area contributed by atoms with E-state index in [9.17, 15) is 19.8 Å². The number of carbonyl (C=O) groups is 2. The molecule has 0 bridgehead atoms. The largest absolute Gasteiger partial charge is 0.481 e. The molecule has 6 heteroatoms. The number of ether oxygens (including phenoxy) is 2. The Hall–Kier alpha value is -1.14. The lowest BCUT2D eigenvalue weighted by Crippen LogP contribution is -2.43. The average molecular weight is 310 g/mol. The van der Waals surface area contributed by atoms with Gasteiger partial charge in [0.05, 0.1) is 23.0 Å². The van der Waals surface area contributed by atoms with Gasteiger partial charge in [-0.25, -0.2) is 0 Å². The molecule has 0 aromatic carbocycles. The summed E-state index contributed by atoms with van der Waals surface area (Å²) in [6.07, 6.45) is 4.61. The van der Waals surface area contributed by atoms with E-state index in [1.54, 1.807) is 0 Å². The summed E-state index contributed by atoms with van der Waals surface area (Å²) in [5, 5.41) is 19.4. The molecule has 0 radical (unpaired) electrons. The zero-order chi connectivity index (χ0) is 15.6. The second-order valence-corrected chi connectivity index (χ2v) is 7.46. The van der Waals surface area contributed by atoms with Crippen molar-refractivity contribution in [3.05, 3.63) is 0 Å². The molecule has 122 valence electrons. The lowest BCUT2D eigenvalue weighted by molar-refractivity contribution is -0.162. The minimum absolute atomic E-state index is 0.190. The molecule has 2 aliphatic carbocycles. The third kappa shape index (κ3) is 1.80. The van der Waals surface area contributed by atoms with Crippen LogP contribution in [0.5, 0.6) is 0 Å². The van der Waals surface area contributed by atoms with Gasteiger partial charge in [0, 0.05) is 25.0 Å². The molecule has 2 saturated heterocycles. The third-order valence-electron chi connectivity index (χ3n) is 6.40. The number of carboxylic acid groups (broad SMARTS) is 2. The number of carboxylic acids is 2. The first-order valence-corrected chi connectivity index (χ1v) is 8.18. The fourth-order valence-corrected chi connectivity index (χ4v) is 5.30. The zero-order valence-electron chi connectivity index (χ0n) is 12.5. The third-order valence-corrected chi connectivity index (χ3v) is 6.40. The summed E-state index contributed by atoms with van der Waals surface area (Å²) in [5.74, 6) is -2.40. The van der Waals surface area contributed by atoms with E-state index in [0.717, 1.165) is 25.7 Å². The molecule has 4 unspecified atom stereocenters. The molecular weight excluding hydrogens is 288 g/mol. The predicted molar refractivity (Wildman–Crippen MR) is 74.4 cm³/mol. The van der Waals surface area contributed by atoms with Gasteiger partial charge >= 0.3 is 11.9 Å². The van der Waals surface area contributed by atoms with Crippen molar-refractivity contribution in [1.29, 1.82) is 0 Å². The molecule has 2 N–H and O–H groups in total. The van der Waals surface area contributed by atoms with E-state index in [4.69, 9.17) is 9.47 Å². The topological polar surface area (TPSA) is 93.1 Å². The van der Waals surface area contributed by atoms with Gasteiger partial charge in [-0.2, -0.15) is 0 Å². The van der Waals surface area contributed by atoms with Crippen LogP contribution in [-0.2, 0) is 19.1 Å². The summed E-state index contributed by atoms with van der Waals surface area (Å²) in [7, 11) is 0. The van der Waals surface area contributed by atoms with Gasteiger partial charge < -0.3 is 19.7 Å². The van der Waals surface area contributed by atoms with Crippen molar-refractivity contribution in [2.75, 3.05) is 13.2 Å². The Labute approximate surface area is 128 Å². The quantitative estimate of drug-likeness (QED) is 0.802. The van der Waals surface area contributed by atoms with Crippen LogP contribution in [-0.4, -0.2) is 46.6 Å². The van der Waals surface area contributed by atoms with Gasteiger partial charge in [-0.15, -0.1) is 0 Å². The summed E-state index contributed by atoms with van der Waals surface area (Å²) in [6, 6.07) is 0. The lowest BCUT2D eigenvalue weighted by atomic mass is 9.72. The van der Waals surface area contributed by atoms with E-state index in [-0.39, 0.29) is 29.5 Å². The minimum Gasteiger partial charge on any atom is -0.481 e. The molecule has 2 aliphatic heterocycles. The van der Waals surface area contributed by atoms with Crippen LogP contribution in [0.25, 0.3) is 0 Å². The molecule has 4 fully saturated rings. The number of rotatable bonds is 5. The van der Waals surface area contributed by atoms with Crippen molar-refractivity contribution in [2.24, 2.45) is 17.3 Å². The van der Waals surface area contributed by atoms with E-state index in [2.05, 4.69) is 0 Å². The molecule has 0 aromatic rings. The molecule has 4 aliphatic rings. The Morgan fingerprint density at radius 1 is 1.00 bits per heavy atom. The van der Waals surface area contributed by atoms with Crippen molar-refractivity contribution < 1.29 is 29.3 Å². The summed E-state index contributed by atoms with van der Waals surface area (Å²) < 4.78 is 11.7. The van der Waals surface area contributed by atoms with Crippen LogP contribution in [0.15, 0.2) is 0 Å². The zero-order valence-corrected chi connectivity index (χ0v) is 12.5. The Balaban J connectivity index is 1.68. The summed E-state index contributed by atoms with van der Waals surface area (Å²) in [6.45, 7) is 1.32. The second-order valence-electron chi connectivity index (χ2n) is 7.46. The van der Waals surface area contributed by atoms with Gasteiger partial charge in [-0.05, 0) is 38.5 Å². The fraction of sp³-hybridized carbons (Fsp3) is 0.875. The molecule has 2 heterocycles. The Morgan fingerprint density at radius 3 is 1.82 bits per heavy atom. The maximum Gasteiger partial charge on any atom is 0.311 e. The van der Waals surface area contributed by atoms with Crippen LogP contribution in [0.3, 0.4) is 0 Å². The summed E-state index contributed by atoms with van der Waals surface area (Å²) >= 11 is 0. The molecule has 0 aromatic heterocycles. The van der Waals surface area contributed by atoms with Crippen molar-refractivity contribution in [2.45, 2.75) is 56.1 Å². The van der Waals surface area contributed by atoms with Crippen molar-refractivity contribution in [3.8, 4) is 0 Å². The molecule has 4 atom stereocenters. The van der Waals surface area contributed by atoms with Crippen LogP contribution in [0.4, 0.5) is 0 Å². The molecule has 6 nitrogen and oxygen atoms in total. The molecule has 0 amide bonds. The molecule has 4 rings (SSSR count). The van der Waals surface area contributed by atoms with Crippen molar-refractivity contribution >= 4 is 11.9 Å². The van der Waals surface area contributed by atoms with E-state index in [1.165, 1.54) is 0 Å². The van der Waals surface area contributed by atoms with Gasteiger partial charge in [0.1, 0.15) is 0 Å². The standard InChI is InChI=1S/C16H22O6/c17-12(18)9-16(13(19)20,10-7-14(10)3-1-5-21-14)11-8-15(11)4-2-6-22-15/h10-11H,1-9H2,(H,17,18)(H,19,20). The van der Waals surface area contributed by atoms with Gasteiger partial charge in [0.2, 0.25) is 0 Å². The first kappa shape index (κ1) is 14.5. The van der Waals surface area contributed by atoms with E-state index in [0.29, 0.717) is 26.1 Å². The Kier molecular flexibility index (Phi) is 2.92. The lowest BCUT2D eigenvalue weighted by Gasteiger charge is -2.32. The predicted octanol–water partition coefficient (Wildman–Crippen LogP) is 1.67. The minimum atomic E-state index is -1.24. The second kappa shape index (κ2) is 4.45. The van der Waals surface area contributed by atoms with Gasteiger partial charge in [0.25, 0.3) is 0 Å². The molecule has 2 saturated carbocycles. The molecule has 2 spiro atoms. The number of aliphatic carboxylic acids is 2. The van der Waals surface area contributed by atoms with Crippen molar-refractivity contribution in [1.82, 2.24) is 0 Å².